The van der Waals surface area contributed by atoms with Crippen LogP contribution in [0.4, 0.5) is 0 Å². The van der Waals surface area contributed by atoms with Crippen molar-refractivity contribution in [2.75, 3.05) is 7.05 Å². The summed E-state index contributed by atoms with van der Waals surface area (Å²) in [7, 11) is 1.50. The molecule has 62 valence electrons. The van der Waals surface area contributed by atoms with Crippen LogP contribution in [-0.2, 0) is 4.79 Å². The topological polar surface area (TPSA) is 43.1 Å². The maximum Gasteiger partial charge on any atom is 0.106 e. The Labute approximate surface area is 68.0 Å². The fourth-order valence-corrected chi connectivity index (χ4v) is 0.534. The van der Waals surface area contributed by atoms with Crippen LogP contribution in [0.2, 0.25) is 0 Å². The highest BCUT2D eigenvalue weighted by molar-refractivity contribution is 5.11. The zero-order valence-corrected chi connectivity index (χ0v) is 7.08. The van der Waals surface area contributed by atoms with Crippen molar-refractivity contribution in [1.82, 2.24) is 0 Å². The van der Waals surface area contributed by atoms with E-state index in [1.54, 1.807) is 0 Å². The molecule has 0 aliphatic carbocycles. The third-order valence-corrected chi connectivity index (χ3v) is 0.940. The lowest BCUT2D eigenvalue weighted by atomic mass is 10.2. The van der Waals surface area contributed by atoms with Gasteiger partial charge in [0.15, 0.2) is 0 Å². The molecule has 1 aromatic carbocycles. The lowest BCUT2D eigenvalue weighted by molar-refractivity contribution is -0.0979. The summed E-state index contributed by atoms with van der Waals surface area (Å²) in [4.78, 5) is 8.00. The molecule has 0 aliphatic rings. The first-order chi connectivity index (χ1) is 5.39. The van der Waals surface area contributed by atoms with Gasteiger partial charge in [0.05, 0.1) is 0 Å². The number of carbonyl (C=O) groups is 1. The van der Waals surface area contributed by atoms with Crippen molar-refractivity contribution in [1.29, 1.82) is 0 Å². The van der Waals surface area contributed by atoms with Crippen molar-refractivity contribution in [2.24, 2.45) is 5.73 Å². The van der Waals surface area contributed by atoms with E-state index in [4.69, 9.17) is 4.79 Å². The molecule has 1 rings (SSSR count). The number of hydrogen-bond acceptors (Lipinski definition) is 2. The van der Waals surface area contributed by atoms with E-state index in [0.29, 0.717) is 0 Å². The van der Waals surface area contributed by atoms with Crippen LogP contribution in [0.15, 0.2) is 30.3 Å². The highest BCUT2D eigenvalue weighted by Crippen LogP contribution is 1.92. The van der Waals surface area contributed by atoms with Crippen LogP contribution in [0.25, 0.3) is 0 Å². The van der Waals surface area contributed by atoms with Crippen molar-refractivity contribution in [2.45, 2.75) is 6.92 Å². The molecule has 0 bridgehead atoms. The quantitative estimate of drug-likeness (QED) is 0.612. The smallest absolute Gasteiger partial charge is 0.106 e. The Hall–Kier alpha value is -1.15. The summed E-state index contributed by atoms with van der Waals surface area (Å²) in [6.07, 6.45) is 0. The molecule has 0 aromatic heterocycles. The van der Waals surface area contributed by atoms with E-state index in [2.05, 4.69) is 24.8 Å². The molecular weight excluding hydrogens is 138 g/mol. The first-order valence-corrected chi connectivity index (χ1v) is 3.28. The van der Waals surface area contributed by atoms with E-state index >= 15 is 0 Å². The fraction of sp³-hybridized carbons (Fsp3) is 0.222. The molecule has 0 amide bonds. The Bertz CT molecular complexity index is 151. The van der Waals surface area contributed by atoms with Gasteiger partial charge in [0.1, 0.15) is 6.79 Å². The van der Waals surface area contributed by atoms with Gasteiger partial charge in [-0.3, -0.25) is 0 Å². The number of benzene rings is 1. The van der Waals surface area contributed by atoms with Gasteiger partial charge in [-0.25, -0.2) is 0 Å². The normalized spacial score (nSPS) is 6.45. The molecule has 0 aliphatic heterocycles. The third kappa shape index (κ3) is 8.85. The summed E-state index contributed by atoms with van der Waals surface area (Å²) in [6.45, 7) is 4.08. The van der Waals surface area contributed by atoms with Crippen molar-refractivity contribution < 1.29 is 4.79 Å². The van der Waals surface area contributed by atoms with Crippen LogP contribution >= 0.6 is 0 Å². The standard InChI is InChI=1S/C7H8.CH5N.CH2O/c1-7-5-3-2-4-6-7;2*1-2/h2-6H,1H3;2H2,1H3;1H2. The molecule has 0 fully saturated rings. The Kier molecular flexibility index (Phi) is 13.2. The fourth-order valence-electron chi connectivity index (χ4n) is 0.534. The Morgan fingerprint density at radius 3 is 1.64 bits per heavy atom. The van der Waals surface area contributed by atoms with Crippen molar-refractivity contribution >= 4 is 6.79 Å². The molecule has 0 unspecified atom stereocenters. The molecule has 0 saturated carbocycles. The highest BCUT2D eigenvalue weighted by atomic mass is 16.1. The lowest BCUT2D eigenvalue weighted by Crippen LogP contribution is -1.69. The number of carbonyl (C=O) groups excluding carboxylic acids is 1. The summed E-state index contributed by atoms with van der Waals surface area (Å²) in [6, 6.07) is 10.3. The highest BCUT2D eigenvalue weighted by Gasteiger charge is 1.72. The minimum absolute atomic E-state index is 1.32. The van der Waals surface area contributed by atoms with Gasteiger partial charge >= 0.3 is 0 Å². The van der Waals surface area contributed by atoms with E-state index < -0.39 is 0 Å². The molecule has 2 heteroatoms. The molecule has 0 saturated heterocycles. The molecule has 0 spiro atoms. The maximum absolute atomic E-state index is 8.00. The third-order valence-electron chi connectivity index (χ3n) is 0.940. The number of rotatable bonds is 0. The minimum atomic E-state index is 1.32. The molecule has 0 atom stereocenters. The second-order valence-electron chi connectivity index (χ2n) is 1.65. The van der Waals surface area contributed by atoms with Crippen LogP contribution < -0.4 is 5.73 Å². The van der Waals surface area contributed by atoms with Gasteiger partial charge in [-0.2, -0.15) is 0 Å². The molecule has 2 N–H and O–H groups in total. The molecule has 11 heavy (non-hydrogen) atoms. The lowest BCUT2D eigenvalue weighted by Gasteiger charge is -1.82. The largest absolute Gasteiger partial charge is 0.333 e. The zero-order chi connectivity index (χ0) is 9.11. The van der Waals surface area contributed by atoms with E-state index in [9.17, 15) is 0 Å². The minimum Gasteiger partial charge on any atom is -0.333 e. The van der Waals surface area contributed by atoms with Gasteiger partial charge < -0.3 is 10.5 Å². The monoisotopic (exact) mass is 153 g/mol. The molecule has 1 aromatic rings. The van der Waals surface area contributed by atoms with Crippen LogP contribution in [0.5, 0.6) is 0 Å². The van der Waals surface area contributed by atoms with Crippen molar-refractivity contribution in [3.63, 3.8) is 0 Å². The Balaban J connectivity index is 0. The zero-order valence-electron chi connectivity index (χ0n) is 7.08. The van der Waals surface area contributed by atoms with Gasteiger partial charge in [0.2, 0.25) is 0 Å². The Morgan fingerprint density at radius 1 is 1.09 bits per heavy atom. The average molecular weight is 153 g/mol. The van der Waals surface area contributed by atoms with Crippen molar-refractivity contribution in [3.8, 4) is 0 Å². The molecular formula is C9H15NO. The number of hydrogen-bond donors (Lipinski definition) is 1. The van der Waals surface area contributed by atoms with Crippen LogP contribution in [0.1, 0.15) is 5.56 Å². The predicted molar refractivity (Wildman–Crippen MR) is 48.4 cm³/mol. The van der Waals surface area contributed by atoms with Gasteiger partial charge in [0.25, 0.3) is 0 Å². The SMILES string of the molecule is C=O.CN.Cc1ccccc1. The Morgan fingerprint density at radius 2 is 1.45 bits per heavy atom. The summed E-state index contributed by atoms with van der Waals surface area (Å²) in [5, 5.41) is 0. The summed E-state index contributed by atoms with van der Waals surface area (Å²) in [5.74, 6) is 0. The maximum atomic E-state index is 8.00. The summed E-state index contributed by atoms with van der Waals surface area (Å²) >= 11 is 0. The van der Waals surface area contributed by atoms with Crippen LogP contribution in [0, 0.1) is 6.92 Å². The predicted octanol–water partition coefficient (Wildman–Crippen LogP) is 1.39. The second-order valence-corrected chi connectivity index (χ2v) is 1.65. The number of nitrogens with two attached hydrogens (primary N) is 1. The van der Waals surface area contributed by atoms with Crippen LogP contribution in [0.3, 0.4) is 0 Å². The molecule has 2 nitrogen and oxygen atoms in total. The summed E-state index contributed by atoms with van der Waals surface area (Å²) in [5.41, 5.74) is 5.82. The first-order valence-electron chi connectivity index (χ1n) is 3.28. The van der Waals surface area contributed by atoms with E-state index in [0.717, 1.165) is 0 Å². The first kappa shape index (κ1) is 12.5. The van der Waals surface area contributed by atoms with Gasteiger partial charge in [0, 0.05) is 0 Å². The van der Waals surface area contributed by atoms with Crippen LogP contribution in [-0.4, -0.2) is 13.8 Å². The average Bonchev–Trinajstić information content (AvgIpc) is 2.13. The van der Waals surface area contributed by atoms with Gasteiger partial charge in [-0.15, -0.1) is 0 Å². The number of aryl methyl sites for hydroxylation is 1. The van der Waals surface area contributed by atoms with Gasteiger partial charge in [-0.05, 0) is 14.0 Å². The molecule has 0 heterocycles. The van der Waals surface area contributed by atoms with Crippen molar-refractivity contribution in [3.05, 3.63) is 35.9 Å². The van der Waals surface area contributed by atoms with E-state index in [1.807, 2.05) is 25.0 Å². The summed E-state index contributed by atoms with van der Waals surface area (Å²) < 4.78 is 0. The second kappa shape index (κ2) is 11.6. The van der Waals surface area contributed by atoms with E-state index in [1.165, 1.54) is 12.6 Å². The van der Waals surface area contributed by atoms with Gasteiger partial charge in [-0.1, -0.05) is 35.9 Å². The molecule has 0 radical (unpaired) electrons. The van der Waals surface area contributed by atoms with E-state index in [-0.39, 0.29) is 0 Å².